The number of hydrogen-bond acceptors (Lipinski definition) is 2. The van der Waals surface area contributed by atoms with Crippen LogP contribution in [0.4, 0.5) is 0 Å². The van der Waals surface area contributed by atoms with Crippen LogP contribution in [0, 0.1) is 0 Å². The third-order valence-corrected chi connectivity index (χ3v) is 3.94. The Morgan fingerprint density at radius 3 is 2.78 bits per heavy atom. The zero-order valence-electron chi connectivity index (χ0n) is 10.1. The van der Waals surface area contributed by atoms with Gasteiger partial charge in [-0.1, -0.05) is 40.9 Å². The highest BCUT2D eigenvalue weighted by Crippen LogP contribution is 2.29. The molecule has 1 amide bonds. The molecule has 1 saturated heterocycles. The number of hydrogen-bond donors (Lipinski definition) is 1. The van der Waals surface area contributed by atoms with Gasteiger partial charge in [-0.15, -0.1) is 0 Å². The SMILES string of the molecule is CCCC1(O)CN(C(=O)c2ccc(Br)cc2Cl)C1. The molecular formula is C13H15BrClNO2. The van der Waals surface area contributed by atoms with E-state index in [2.05, 4.69) is 15.9 Å². The number of halogens is 2. The molecule has 0 aliphatic carbocycles. The molecule has 1 heterocycles. The van der Waals surface area contributed by atoms with Crippen molar-refractivity contribution in [2.75, 3.05) is 13.1 Å². The zero-order valence-corrected chi connectivity index (χ0v) is 12.5. The average Bonchev–Trinajstić information content (AvgIpc) is 2.25. The van der Waals surface area contributed by atoms with Crippen LogP contribution in [-0.4, -0.2) is 34.6 Å². The van der Waals surface area contributed by atoms with Gasteiger partial charge < -0.3 is 10.0 Å². The van der Waals surface area contributed by atoms with Crippen LogP contribution < -0.4 is 0 Å². The maximum Gasteiger partial charge on any atom is 0.255 e. The van der Waals surface area contributed by atoms with Gasteiger partial charge in [-0.2, -0.15) is 0 Å². The highest BCUT2D eigenvalue weighted by Gasteiger charge is 2.43. The van der Waals surface area contributed by atoms with Crippen molar-refractivity contribution in [3.63, 3.8) is 0 Å². The van der Waals surface area contributed by atoms with E-state index in [9.17, 15) is 9.90 Å². The fourth-order valence-electron chi connectivity index (χ4n) is 2.26. The lowest BCUT2D eigenvalue weighted by Gasteiger charge is -2.46. The number of nitrogens with zero attached hydrogens (tertiary/aromatic N) is 1. The summed E-state index contributed by atoms with van der Waals surface area (Å²) in [7, 11) is 0. The van der Waals surface area contributed by atoms with Gasteiger partial charge in [0.25, 0.3) is 5.91 Å². The maximum atomic E-state index is 12.2. The summed E-state index contributed by atoms with van der Waals surface area (Å²) in [5, 5.41) is 10.5. The molecule has 3 nitrogen and oxygen atoms in total. The molecule has 0 saturated carbocycles. The van der Waals surface area contributed by atoms with Crippen molar-refractivity contribution in [2.24, 2.45) is 0 Å². The van der Waals surface area contributed by atoms with Crippen LogP contribution in [-0.2, 0) is 0 Å². The second-order valence-electron chi connectivity index (χ2n) is 4.76. The van der Waals surface area contributed by atoms with Gasteiger partial charge in [0.1, 0.15) is 0 Å². The lowest BCUT2D eigenvalue weighted by Crippen LogP contribution is -2.63. The molecule has 0 bridgehead atoms. The van der Waals surface area contributed by atoms with Gasteiger partial charge in [0, 0.05) is 4.47 Å². The Morgan fingerprint density at radius 2 is 2.22 bits per heavy atom. The molecule has 1 aliphatic heterocycles. The van der Waals surface area contributed by atoms with Crippen LogP contribution >= 0.6 is 27.5 Å². The first-order chi connectivity index (χ1) is 8.45. The van der Waals surface area contributed by atoms with Crippen molar-refractivity contribution >= 4 is 33.4 Å². The number of benzene rings is 1. The maximum absolute atomic E-state index is 12.2. The second kappa shape index (κ2) is 5.19. The van der Waals surface area contributed by atoms with Crippen molar-refractivity contribution in [3.05, 3.63) is 33.3 Å². The fourth-order valence-corrected chi connectivity index (χ4v) is 3.02. The average molecular weight is 333 g/mol. The summed E-state index contributed by atoms with van der Waals surface area (Å²) in [6, 6.07) is 5.19. The smallest absolute Gasteiger partial charge is 0.255 e. The Bertz CT molecular complexity index is 472. The van der Waals surface area contributed by atoms with Gasteiger partial charge in [0.05, 0.1) is 29.3 Å². The molecule has 0 radical (unpaired) electrons. The van der Waals surface area contributed by atoms with Gasteiger partial charge in [-0.05, 0) is 24.6 Å². The molecule has 98 valence electrons. The summed E-state index contributed by atoms with van der Waals surface area (Å²) in [5.74, 6) is -0.117. The first-order valence-corrected chi connectivity index (χ1v) is 7.09. The van der Waals surface area contributed by atoms with Crippen LogP contribution in [0.15, 0.2) is 22.7 Å². The monoisotopic (exact) mass is 331 g/mol. The van der Waals surface area contributed by atoms with Gasteiger partial charge in [0.2, 0.25) is 0 Å². The zero-order chi connectivity index (χ0) is 13.3. The summed E-state index contributed by atoms with van der Waals surface area (Å²) in [4.78, 5) is 13.8. The number of aliphatic hydroxyl groups is 1. The van der Waals surface area contributed by atoms with E-state index >= 15 is 0 Å². The molecule has 1 fully saturated rings. The molecule has 0 spiro atoms. The normalized spacial score (nSPS) is 17.4. The summed E-state index contributed by atoms with van der Waals surface area (Å²) in [6.45, 7) is 2.81. The number of likely N-dealkylation sites (tertiary alicyclic amines) is 1. The van der Waals surface area contributed by atoms with Crippen LogP contribution in [0.1, 0.15) is 30.1 Å². The highest BCUT2D eigenvalue weighted by atomic mass is 79.9. The van der Waals surface area contributed by atoms with Gasteiger partial charge in [-0.3, -0.25) is 4.79 Å². The minimum absolute atomic E-state index is 0.117. The summed E-state index contributed by atoms with van der Waals surface area (Å²) in [6.07, 6.45) is 1.64. The second-order valence-corrected chi connectivity index (χ2v) is 6.08. The number of rotatable bonds is 3. The van der Waals surface area contributed by atoms with E-state index in [0.29, 0.717) is 23.7 Å². The van der Waals surface area contributed by atoms with E-state index in [1.165, 1.54) is 0 Å². The quantitative estimate of drug-likeness (QED) is 0.924. The molecule has 1 aromatic carbocycles. The summed E-state index contributed by atoms with van der Waals surface area (Å²) in [5.41, 5.74) is -0.217. The first kappa shape index (κ1) is 13.8. The van der Waals surface area contributed by atoms with E-state index in [0.717, 1.165) is 17.3 Å². The van der Waals surface area contributed by atoms with Crippen molar-refractivity contribution in [1.29, 1.82) is 0 Å². The Kier molecular flexibility index (Phi) is 3.99. The largest absolute Gasteiger partial charge is 0.386 e. The third-order valence-electron chi connectivity index (χ3n) is 3.13. The molecule has 1 aliphatic rings. The standard InChI is InChI=1S/C13H15BrClNO2/c1-2-5-13(18)7-16(8-13)12(17)10-4-3-9(14)6-11(10)15/h3-4,6,18H,2,5,7-8H2,1H3. The molecule has 0 atom stereocenters. The van der Waals surface area contributed by atoms with Gasteiger partial charge in [-0.25, -0.2) is 0 Å². The molecular weight excluding hydrogens is 318 g/mol. The summed E-state index contributed by atoms with van der Waals surface area (Å²) < 4.78 is 0.843. The number of carbonyl (C=O) groups is 1. The lowest BCUT2D eigenvalue weighted by molar-refractivity contribution is -0.0860. The number of amides is 1. The van der Waals surface area contributed by atoms with Crippen LogP contribution in [0.5, 0.6) is 0 Å². The lowest BCUT2D eigenvalue weighted by atomic mass is 9.89. The van der Waals surface area contributed by atoms with Crippen LogP contribution in [0.3, 0.4) is 0 Å². The predicted molar refractivity (Wildman–Crippen MR) is 74.9 cm³/mol. The van der Waals surface area contributed by atoms with E-state index in [1.54, 1.807) is 23.1 Å². The van der Waals surface area contributed by atoms with E-state index in [1.807, 2.05) is 6.92 Å². The number of carbonyl (C=O) groups excluding carboxylic acids is 1. The number of β-amino-alcohol motifs (C(OH)–C–C–N with tert-alkyl or cyclic N) is 1. The molecule has 2 rings (SSSR count). The highest BCUT2D eigenvalue weighted by molar-refractivity contribution is 9.10. The van der Waals surface area contributed by atoms with Crippen molar-refractivity contribution in [1.82, 2.24) is 4.90 Å². The predicted octanol–water partition coefficient (Wildman–Crippen LogP) is 3.09. The van der Waals surface area contributed by atoms with Gasteiger partial charge in [0.15, 0.2) is 0 Å². The molecule has 18 heavy (non-hydrogen) atoms. The van der Waals surface area contributed by atoms with Crippen molar-refractivity contribution in [3.8, 4) is 0 Å². The van der Waals surface area contributed by atoms with Crippen LogP contribution in [0.25, 0.3) is 0 Å². The minimum Gasteiger partial charge on any atom is -0.386 e. The topological polar surface area (TPSA) is 40.5 Å². The summed E-state index contributed by atoms with van der Waals surface area (Å²) >= 11 is 9.34. The van der Waals surface area contributed by atoms with E-state index in [4.69, 9.17) is 11.6 Å². The fraction of sp³-hybridized carbons (Fsp3) is 0.462. The Labute approximate surface area is 120 Å². The third kappa shape index (κ3) is 2.71. The Hall–Kier alpha value is -0.580. The van der Waals surface area contributed by atoms with E-state index < -0.39 is 5.60 Å². The molecule has 0 aromatic heterocycles. The minimum atomic E-state index is -0.702. The molecule has 0 unspecified atom stereocenters. The van der Waals surface area contributed by atoms with Crippen LogP contribution in [0.2, 0.25) is 5.02 Å². The van der Waals surface area contributed by atoms with Crippen molar-refractivity contribution < 1.29 is 9.90 Å². The first-order valence-electron chi connectivity index (χ1n) is 5.92. The van der Waals surface area contributed by atoms with Gasteiger partial charge >= 0.3 is 0 Å². The molecule has 1 N–H and O–H groups in total. The van der Waals surface area contributed by atoms with E-state index in [-0.39, 0.29) is 5.91 Å². The Morgan fingerprint density at radius 1 is 1.56 bits per heavy atom. The molecule has 1 aromatic rings. The van der Waals surface area contributed by atoms with Crippen molar-refractivity contribution in [2.45, 2.75) is 25.4 Å². The molecule has 5 heteroatoms. The Balaban J connectivity index is 2.06.